The van der Waals surface area contributed by atoms with E-state index in [1.807, 2.05) is 18.7 Å². The zero-order valence-electron chi connectivity index (χ0n) is 17.5. The van der Waals surface area contributed by atoms with Crippen LogP contribution >= 0.6 is 0 Å². The average Bonchev–Trinajstić information content (AvgIpc) is 2.67. The quantitative estimate of drug-likeness (QED) is 0.435. The van der Waals surface area contributed by atoms with Gasteiger partial charge in [0.25, 0.3) is 0 Å². The van der Waals surface area contributed by atoms with Gasteiger partial charge in [-0.25, -0.2) is 14.0 Å². The van der Waals surface area contributed by atoms with Crippen LogP contribution in [0.5, 0.6) is 0 Å². The topological polar surface area (TPSA) is 89.9 Å². The maximum absolute atomic E-state index is 14.1. The van der Waals surface area contributed by atoms with Gasteiger partial charge in [-0.1, -0.05) is 19.9 Å². The molecule has 3 N–H and O–H groups in total. The number of rotatable bonds is 7. The van der Waals surface area contributed by atoms with Crippen LogP contribution in [0.3, 0.4) is 0 Å². The number of aliphatic carboxylic acids is 2. The summed E-state index contributed by atoms with van der Waals surface area (Å²) in [4.78, 5) is 21.1. The molecule has 0 radical (unpaired) electrons. The fraction of sp³-hybridized carbons (Fsp3) is 0.524. The number of nitrogens with one attached hydrogen (secondary N) is 1. The van der Waals surface area contributed by atoms with E-state index >= 15 is 0 Å². The standard InChI is InChI=1S/C17H24F4N2.C4H4O4/c1-12(2)10-23(13-6-8-22-9-7-13)11-14-15(17(19,20)21)4-3-5-16(14)18;5-3(6)1-2-4(7)8/h3-5,12-13,22H,6-11H2,1-2H3;1-2H,(H,5,6)(H,7,8). The predicted octanol–water partition coefficient (Wildman–Crippen LogP) is 3.77. The van der Waals surface area contributed by atoms with Gasteiger partial charge in [0, 0.05) is 36.8 Å². The average molecular weight is 448 g/mol. The first-order chi connectivity index (χ1) is 14.4. The Kier molecular flexibility index (Phi) is 10.6. The minimum atomic E-state index is -4.53. The van der Waals surface area contributed by atoms with E-state index in [2.05, 4.69) is 5.32 Å². The van der Waals surface area contributed by atoms with Gasteiger partial charge in [-0.15, -0.1) is 0 Å². The van der Waals surface area contributed by atoms with Crippen molar-refractivity contribution in [2.45, 2.75) is 45.5 Å². The smallest absolute Gasteiger partial charge is 0.416 e. The third kappa shape index (κ3) is 9.93. The fourth-order valence-corrected chi connectivity index (χ4v) is 3.31. The van der Waals surface area contributed by atoms with Crippen LogP contribution in [0.1, 0.15) is 37.8 Å². The Morgan fingerprint density at radius 2 is 1.71 bits per heavy atom. The predicted molar refractivity (Wildman–Crippen MR) is 107 cm³/mol. The second kappa shape index (κ2) is 12.4. The van der Waals surface area contributed by atoms with E-state index in [0.29, 0.717) is 24.6 Å². The number of piperidine rings is 1. The highest BCUT2D eigenvalue weighted by atomic mass is 19.4. The summed E-state index contributed by atoms with van der Waals surface area (Å²) in [5.74, 6) is -2.98. The highest BCUT2D eigenvalue weighted by Gasteiger charge is 2.35. The summed E-state index contributed by atoms with van der Waals surface area (Å²) >= 11 is 0. The van der Waals surface area contributed by atoms with Gasteiger partial charge in [-0.05, 0) is 44.0 Å². The minimum Gasteiger partial charge on any atom is -0.478 e. The molecule has 6 nitrogen and oxygen atoms in total. The summed E-state index contributed by atoms with van der Waals surface area (Å²) in [6.45, 7) is 6.42. The summed E-state index contributed by atoms with van der Waals surface area (Å²) in [7, 11) is 0. The number of benzene rings is 1. The number of carboxylic acids is 2. The van der Waals surface area contributed by atoms with Crippen molar-refractivity contribution >= 4 is 11.9 Å². The molecule has 0 bridgehead atoms. The largest absolute Gasteiger partial charge is 0.478 e. The molecule has 1 aromatic carbocycles. The number of alkyl halides is 3. The van der Waals surface area contributed by atoms with Crippen LogP contribution in [0, 0.1) is 11.7 Å². The van der Waals surface area contributed by atoms with Crippen LogP contribution in [0.25, 0.3) is 0 Å². The lowest BCUT2D eigenvalue weighted by molar-refractivity contribution is -0.139. The molecule has 1 aliphatic heterocycles. The molecular formula is C21H28F4N2O4. The molecule has 0 spiro atoms. The lowest BCUT2D eigenvalue weighted by Gasteiger charge is -2.36. The summed E-state index contributed by atoms with van der Waals surface area (Å²) in [5.41, 5.74) is -1.10. The van der Waals surface area contributed by atoms with E-state index in [4.69, 9.17) is 10.2 Å². The normalized spacial score (nSPS) is 15.2. The van der Waals surface area contributed by atoms with Gasteiger partial charge < -0.3 is 15.5 Å². The van der Waals surface area contributed by atoms with Crippen LogP contribution in [0.15, 0.2) is 30.4 Å². The zero-order valence-corrected chi connectivity index (χ0v) is 17.5. The molecular weight excluding hydrogens is 420 g/mol. The molecule has 0 saturated carbocycles. The molecule has 0 amide bonds. The summed E-state index contributed by atoms with van der Waals surface area (Å²) in [5, 5.41) is 18.9. The number of carbonyl (C=O) groups is 2. The molecule has 2 rings (SSSR count). The Hall–Kier alpha value is -2.46. The fourth-order valence-electron chi connectivity index (χ4n) is 3.31. The van der Waals surface area contributed by atoms with Crippen molar-refractivity contribution in [2.75, 3.05) is 19.6 Å². The first kappa shape index (κ1) is 26.6. The zero-order chi connectivity index (χ0) is 23.6. The van der Waals surface area contributed by atoms with Crippen LogP contribution in [-0.2, 0) is 22.3 Å². The van der Waals surface area contributed by atoms with E-state index in [1.54, 1.807) is 0 Å². The van der Waals surface area contributed by atoms with Crippen LogP contribution < -0.4 is 5.32 Å². The molecule has 1 aliphatic rings. The van der Waals surface area contributed by atoms with Gasteiger partial charge in [-0.2, -0.15) is 13.2 Å². The lowest BCUT2D eigenvalue weighted by atomic mass is 10.00. The second-order valence-corrected chi connectivity index (χ2v) is 7.58. The Balaban J connectivity index is 0.000000512. The maximum Gasteiger partial charge on any atom is 0.416 e. The van der Waals surface area contributed by atoms with Crippen molar-refractivity contribution in [3.05, 3.63) is 47.3 Å². The monoisotopic (exact) mass is 448 g/mol. The third-order valence-corrected chi connectivity index (χ3v) is 4.58. The van der Waals surface area contributed by atoms with Crippen molar-refractivity contribution in [1.29, 1.82) is 0 Å². The van der Waals surface area contributed by atoms with Gasteiger partial charge in [0.15, 0.2) is 0 Å². The molecule has 0 aliphatic carbocycles. The first-order valence-corrected chi connectivity index (χ1v) is 9.85. The summed E-state index contributed by atoms with van der Waals surface area (Å²) < 4.78 is 53.7. The Morgan fingerprint density at radius 3 is 2.16 bits per heavy atom. The molecule has 0 unspecified atom stereocenters. The van der Waals surface area contributed by atoms with E-state index in [1.165, 1.54) is 0 Å². The number of carboxylic acid groups (broad SMARTS) is 2. The highest BCUT2D eigenvalue weighted by Crippen LogP contribution is 2.34. The highest BCUT2D eigenvalue weighted by molar-refractivity contribution is 5.89. The van der Waals surface area contributed by atoms with E-state index in [-0.39, 0.29) is 18.2 Å². The Labute approximate surface area is 178 Å². The molecule has 1 fully saturated rings. The van der Waals surface area contributed by atoms with Gasteiger partial charge in [-0.3, -0.25) is 4.90 Å². The molecule has 1 aromatic rings. The van der Waals surface area contributed by atoms with Gasteiger partial charge >= 0.3 is 18.1 Å². The minimum absolute atomic E-state index is 0.00433. The number of hydrogen-bond donors (Lipinski definition) is 3. The molecule has 0 atom stereocenters. The molecule has 31 heavy (non-hydrogen) atoms. The van der Waals surface area contributed by atoms with Crippen molar-refractivity contribution in [1.82, 2.24) is 10.2 Å². The summed E-state index contributed by atoms with van der Waals surface area (Å²) in [6.07, 6.45) is -1.66. The molecule has 0 aromatic heterocycles. The second-order valence-electron chi connectivity index (χ2n) is 7.58. The van der Waals surface area contributed by atoms with Crippen molar-refractivity contribution in [2.24, 2.45) is 5.92 Å². The van der Waals surface area contributed by atoms with Crippen LogP contribution in [-0.4, -0.2) is 52.7 Å². The number of hydrogen-bond acceptors (Lipinski definition) is 4. The van der Waals surface area contributed by atoms with Crippen molar-refractivity contribution < 1.29 is 37.4 Å². The molecule has 174 valence electrons. The lowest BCUT2D eigenvalue weighted by Crippen LogP contribution is -2.44. The molecule has 1 saturated heterocycles. The first-order valence-electron chi connectivity index (χ1n) is 9.85. The van der Waals surface area contributed by atoms with E-state index in [0.717, 1.165) is 44.1 Å². The van der Waals surface area contributed by atoms with Gasteiger partial charge in [0.1, 0.15) is 5.82 Å². The van der Waals surface area contributed by atoms with E-state index in [9.17, 15) is 27.2 Å². The van der Waals surface area contributed by atoms with Gasteiger partial charge in [0.05, 0.1) is 5.56 Å². The van der Waals surface area contributed by atoms with Crippen LogP contribution in [0.4, 0.5) is 17.6 Å². The molecule has 1 heterocycles. The number of halogens is 4. The SMILES string of the molecule is CC(C)CN(Cc1c(F)cccc1C(F)(F)F)C1CCNCC1.O=C(O)C=CC(=O)O. The summed E-state index contributed by atoms with van der Waals surface area (Å²) in [6, 6.07) is 3.40. The van der Waals surface area contributed by atoms with Crippen molar-refractivity contribution in [3.63, 3.8) is 0 Å². The van der Waals surface area contributed by atoms with Crippen LogP contribution in [0.2, 0.25) is 0 Å². The maximum atomic E-state index is 14.1. The Morgan fingerprint density at radius 1 is 1.16 bits per heavy atom. The van der Waals surface area contributed by atoms with Gasteiger partial charge in [0.2, 0.25) is 0 Å². The van der Waals surface area contributed by atoms with E-state index < -0.39 is 29.5 Å². The van der Waals surface area contributed by atoms with Crippen molar-refractivity contribution in [3.8, 4) is 0 Å². The Bertz CT molecular complexity index is 744. The molecule has 10 heteroatoms. The third-order valence-electron chi connectivity index (χ3n) is 4.58. The number of nitrogens with zero attached hydrogens (tertiary/aromatic N) is 1.